The van der Waals surface area contributed by atoms with Gasteiger partial charge >= 0.3 is 18.1 Å². The summed E-state index contributed by atoms with van der Waals surface area (Å²) in [6.07, 6.45) is 22.1. The summed E-state index contributed by atoms with van der Waals surface area (Å²) >= 11 is 1.16. The number of furan rings is 2. The average Bonchev–Trinajstić information content (AvgIpc) is 1.59. The normalized spacial score (nSPS) is 29.5. The third-order valence-electron chi connectivity index (χ3n) is 26.4. The maximum absolute atomic E-state index is 14.7. The van der Waals surface area contributed by atoms with E-state index >= 15 is 0 Å². The van der Waals surface area contributed by atoms with Crippen LogP contribution >= 0.6 is 11.3 Å². The fraction of sp³-hybridized carbons (Fsp3) is 0.560. The van der Waals surface area contributed by atoms with E-state index in [0.29, 0.717) is 110 Å². The van der Waals surface area contributed by atoms with Crippen LogP contribution in [-0.4, -0.2) is 58.7 Å². The van der Waals surface area contributed by atoms with Crippen LogP contribution in [0.1, 0.15) is 265 Å². The third kappa shape index (κ3) is 10.5. The van der Waals surface area contributed by atoms with Crippen molar-refractivity contribution in [3.63, 3.8) is 0 Å². The molecule has 15 aliphatic rings. The summed E-state index contributed by atoms with van der Waals surface area (Å²) in [7, 11) is -13.5. The molecule has 15 aliphatic carbocycles. The number of benzene rings is 3. The molecule has 6 bridgehead atoms. The van der Waals surface area contributed by atoms with Crippen molar-refractivity contribution >= 4 is 76.6 Å². The first-order valence-electron chi connectivity index (χ1n) is 36.5. The highest BCUT2D eigenvalue weighted by molar-refractivity contribution is 7.92. The minimum atomic E-state index is -4.68. The van der Waals surface area contributed by atoms with Crippen LogP contribution in [0, 0.1) is 17.8 Å². The Morgan fingerprint density at radius 3 is 1.28 bits per heavy atom. The Balaban J connectivity index is 0.579. The lowest BCUT2D eigenvalue weighted by molar-refractivity contribution is -0.0467. The molecule has 6 aromatic rings. The number of sulfonamides is 3. The average molecular weight is 1420 g/mol. The second-order valence-electron chi connectivity index (χ2n) is 31.6. The van der Waals surface area contributed by atoms with Crippen molar-refractivity contribution in [3.8, 4) is 0 Å². The molecule has 0 aliphatic heterocycles. The minimum absolute atomic E-state index is 0.00227. The molecule has 524 valence electrons. The van der Waals surface area contributed by atoms with E-state index in [0.717, 1.165) is 193 Å². The molecule has 9 N–H and O–H groups in total. The van der Waals surface area contributed by atoms with E-state index < -0.39 is 75.2 Å². The Labute approximate surface area is 581 Å². The molecular formula is C75H86N6O14S4. The summed E-state index contributed by atoms with van der Waals surface area (Å²) in [4.78, 5) is 43.1. The molecule has 3 aromatic carbocycles. The highest BCUT2D eigenvalue weighted by Gasteiger charge is 2.54. The zero-order valence-electron chi connectivity index (χ0n) is 55.8. The molecule has 5 atom stereocenters. The second-order valence-corrected chi connectivity index (χ2v) is 37.8. The number of urea groups is 3. The summed E-state index contributed by atoms with van der Waals surface area (Å²) in [6, 6.07) is 8.36. The van der Waals surface area contributed by atoms with Gasteiger partial charge in [-0.15, -0.1) is 11.3 Å². The fourth-order valence-corrected chi connectivity index (χ4v) is 25.9. The van der Waals surface area contributed by atoms with E-state index in [1.807, 2.05) is 0 Å². The number of anilines is 3. The summed E-state index contributed by atoms with van der Waals surface area (Å²) in [6.45, 7) is 1.71. The first-order valence-corrected chi connectivity index (χ1v) is 41.8. The Kier molecular flexibility index (Phi) is 15.2. The van der Waals surface area contributed by atoms with Crippen molar-refractivity contribution in [3.05, 3.63) is 136 Å². The Bertz CT molecular complexity index is 4780. The smallest absolute Gasteiger partial charge is 0.333 e. The van der Waals surface area contributed by atoms with Crippen molar-refractivity contribution in [2.75, 3.05) is 16.0 Å². The van der Waals surface area contributed by atoms with Gasteiger partial charge in [0.2, 0.25) is 10.2 Å². The molecule has 21 rings (SSSR count). The summed E-state index contributed by atoms with van der Waals surface area (Å²) < 4.78 is 105. The van der Waals surface area contributed by atoms with Gasteiger partial charge in [0, 0.05) is 57.0 Å². The van der Waals surface area contributed by atoms with E-state index in [1.165, 1.54) is 23.3 Å². The number of fused-ring (bicyclic) bond motifs is 12. The predicted molar refractivity (Wildman–Crippen MR) is 370 cm³/mol. The molecule has 99 heavy (non-hydrogen) atoms. The van der Waals surface area contributed by atoms with Crippen molar-refractivity contribution in [1.29, 1.82) is 0 Å². The van der Waals surface area contributed by atoms with E-state index in [4.69, 9.17) is 8.83 Å². The van der Waals surface area contributed by atoms with Crippen LogP contribution in [0.25, 0.3) is 0 Å². The number of aryl methyl sites for hydroxylation is 4. The molecule has 3 unspecified atom stereocenters. The lowest BCUT2D eigenvalue weighted by atomic mass is 9.71. The van der Waals surface area contributed by atoms with Crippen LogP contribution in [0.3, 0.4) is 0 Å². The highest BCUT2D eigenvalue weighted by Crippen LogP contribution is 2.61. The standard InChI is InChI=1S/C75H86N6O14S4/c1-73(85)47-22-14-38(15-23-47)67-58(73)33-61(94-67)97(88,89)79-70(82)77-65-52-12-4-8-43(52)31-56-45(20-28-54(56)65)36-74(86)48-24-16-39(17-25-48)68-59(74)34-62(95-68)98(90,91)80-71(83)78-66-53-13-5-9-44(53)32-57-46(21-29-55(57)66)37-75(87)49-26-18-40(19-27-49)69-60(75)35-63(96-69)99(92,93)81-72(84)76-64-50-10-2-6-41(50)30-42-7-3-11-51(42)64/h30-35,38-40,45-49,85-87H,2-29,36-37H2,1H3,(H2,76,81,84)(H2,77,79,82)(H2,78,80,83)/t38?,39?,40?,45?,46?,47?,48?,49?,73-,74+,75?/m0/s1. The van der Waals surface area contributed by atoms with Crippen molar-refractivity contribution in [2.24, 2.45) is 17.8 Å². The molecule has 0 saturated heterocycles. The minimum Gasteiger partial charge on any atom is -0.447 e. The Morgan fingerprint density at radius 2 is 0.818 bits per heavy atom. The van der Waals surface area contributed by atoms with Gasteiger partial charge in [0.15, 0.2) is 0 Å². The quantitative estimate of drug-likeness (QED) is 0.0519. The molecule has 3 saturated carbocycles. The van der Waals surface area contributed by atoms with Crippen LogP contribution in [0.4, 0.5) is 31.4 Å². The number of rotatable bonds is 13. The van der Waals surface area contributed by atoms with Crippen LogP contribution in [0.2, 0.25) is 0 Å². The number of carbonyl (C=O) groups is 3. The lowest BCUT2D eigenvalue weighted by Gasteiger charge is -2.38. The fourth-order valence-electron chi connectivity index (χ4n) is 21.5. The summed E-state index contributed by atoms with van der Waals surface area (Å²) in [5.41, 5.74) is 11.5. The van der Waals surface area contributed by atoms with Crippen LogP contribution in [0.15, 0.2) is 59.6 Å². The molecular weight excluding hydrogens is 1340 g/mol. The number of thiophene rings is 1. The molecule has 0 radical (unpaired) electrons. The number of aliphatic hydroxyl groups is 3. The van der Waals surface area contributed by atoms with Gasteiger partial charge in [-0.1, -0.05) is 18.2 Å². The maximum atomic E-state index is 14.7. The Morgan fingerprint density at radius 1 is 0.434 bits per heavy atom. The summed E-state index contributed by atoms with van der Waals surface area (Å²) in [5.74, 6) is -0.0000980. The SMILES string of the molecule is C[C@@]1(O)c2cc(S(=O)(=O)NC(=O)Nc3c4c(cc5c3CCC5C[C@]3(O)c5cc(S(=O)(=O)NC(=O)Nc6c7c(cc8c6CCC8CC6(O)c8cc(S(=O)(=O)NC(=O)Nc9c%10c(cc%11c9CCC%11)CCC%10)sc8C8CCC6CC8)CCC7)oc5C5CCC3CC5)CCC4)oc2C2CCC1CC2. The van der Waals surface area contributed by atoms with E-state index in [-0.39, 0.29) is 58.0 Å². The van der Waals surface area contributed by atoms with Crippen LogP contribution < -0.4 is 30.1 Å². The molecule has 3 heterocycles. The first kappa shape index (κ1) is 64.6. The van der Waals surface area contributed by atoms with Gasteiger partial charge in [0.25, 0.3) is 30.1 Å². The number of hydrogen-bond acceptors (Lipinski definition) is 15. The highest BCUT2D eigenvalue weighted by atomic mass is 32.2. The largest absolute Gasteiger partial charge is 0.447 e. The second kappa shape index (κ2) is 23.2. The molecule has 24 heteroatoms. The molecule has 3 aromatic heterocycles. The summed E-state index contributed by atoms with van der Waals surface area (Å²) in [5, 5.41) is 46.4. The van der Waals surface area contributed by atoms with Crippen LogP contribution in [0.5, 0.6) is 0 Å². The van der Waals surface area contributed by atoms with Gasteiger partial charge in [0.05, 0.1) is 16.8 Å². The van der Waals surface area contributed by atoms with E-state index in [1.54, 1.807) is 13.0 Å². The number of amides is 6. The van der Waals surface area contributed by atoms with Gasteiger partial charge < -0.3 is 40.1 Å². The van der Waals surface area contributed by atoms with Gasteiger partial charge in [-0.2, -0.15) is 16.8 Å². The molecule has 3 fully saturated rings. The zero-order valence-corrected chi connectivity index (χ0v) is 59.0. The van der Waals surface area contributed by atoms with Crippen LogP contribution in [-0.2, 0) is 111 Å². The molecule has 0 spiro atoms. The van der Waals surface area contributed by atoms with Gasteiger partial charge in [0.1, 0.15) is 15.7 Å². The Hall–Kier alpha value is -6.54. The third-order valence-corrected chi connectivity index (χ3v) is 31.8. The van der Waals surface area contributed by atoms with E-state index in [2.05, 4.69) is 48.3 Å². The van der Waals surface area contributed by atoms with Crippen molar-refractivity contribution in [1.82, 2.24) is 14.2 Å². The monoisotopic (exact) mass is 1420 g/mol. The lowest BCUT2D eigenvalue weighted by Crippen LogP contribution is -2.37. The van der Waals surface area contributed by atoms with E-state index in [9.17, 15) is 55.0 Å². The van der Waals surface area contributed by atoms with Crippen molar-refractivity contribution in [2.45, 2.75) is 260 Å². The maximum Gasteiger partial charge on any atom is 0.333 e. The van der Waals surface area contributed by atoms with Gasteiger partial charge in [-0.3, -0.25) is 0 Å². The predicted octanol–water partition coefficient (Wildman–Crippen LogP) is 13.1. The van der Waals surface area contributed by atoms with Gasteiger partial charge in [-0.05, 0) is 313 Å². The van der Waals surface area contributed by atoms with Gasteiger partial charge in [-0.25, -0.2) is 37.0 Å². The first-order chi connectivity index (χ1) is 47.4. The molecule has 20 nitrogen and oxygen atoms in total. The topological polar surface area (TPSA) is 313 Å². The number of nitrogens with one attached hydrogen (secondary N) is 6. The van der Waals surface area contributed by atoms with Crippen molar-refractivity contribution < 1.29 is 63.8 Å². The number of carbonyl (C=O) groups excluding carboxylic acids is 3. The zero-order chi connectivity index (χ0) is 68.0. The number of hydrogen-bond donors (Lipinski definition) is 9. The molecule has 6 amide bonds.